The van der Waals surface area contributed by atoms with Crippen LogP contribution in [0.25, 0.3) is 0 Å². The molecular formula is C16H16O4. The van der Waals surface area contributed by atoms with E-state index < -0.39 is 23.3 Å². The summed E-state index contributed by atoms with van der Waals surface area (Å²) in [5.41, 5.74) is -0.215. The van der Waals surface area contributed by atoms with Gasteiger partial charge in [0.25, 0.3) is 0 Å². The summed E-state index contributed by atoms with van der Waals surface area (Å²) < 4.78 is 0. The molecule has 1 aromatic rings. The average Bonchev–Trinajstić information content (AvgIpc) is 2.41. The van der Waals surface area contributed by atoms with Crippen molar-refractivity contribution < 1.29 is 19.8 Å². The first-order valence-corrected chi connectivity index (χ1v) is 6.37. The van der Waals surface area contributed by atoms with Crippen LogP contribution in [0.1, 0.15) is 12.5 Å². The van der Waals surface area contributed by atoms with E-state index in [-0.39, 0.29) is 12.0 Å². The molecule has 1 aliphatic carbocycles. The molecule has 0 heterocycles. The van der Waals surface area contributed by atoms with Crippen LogP contribution in [0.3, 0.4) is 0 Å². The van der Waals surface area contributed by atoms with E-state index in [2.05, 4.69) is 0 Å². The molecule has 2 unspecified atom stereocenters. The Bertz CT molecular complexity index is 586. The Labute approximate surface area is 117 Å². The lowest BCUT2D eigenvalue weighted by Crippen LogP contribution is -2.41. The Kier molecular flexibility index (Phi) is 3.74. The van der Waals surface area contributed by atoms with Crippen LogP contribution in [0.2, 0.25) is 0 Å². The Hall–Kier alpha value is -2.36. The molecule has 0 radical (unpaired) electrons. The number of hydrogen-bond acceptors (Lipinski definition) is 2. The number of aliphatic carboxylic acids is 2. The summed E-state index contributed by atoms with van der Waals surface area (Å²) in [5.74, 6) is -2.67. The number of hydrogen-bond donors (Lipinski definition) is 2. The quantitative estimate of drug-likeness (QED) is 0.883. The van der Waals surface area contributed by atoms with Gasteiger partial charge < -0.3 is 10.2 Å². The van der Waals surface area contributed by atoms with Crippen molar-refractivity contribution in [2.45, 2.75) is 13.3 Å². The fourth-order valence-corrected chi connectivity index (χ4v) is 2.62. The molecule has 0 spiro atoms. The van der Waals surface area contributed by atoms with Crippen LogP contribution < -0.4 is 0 Å². The van der Waals surface area contributed by atoms with Crippen LogP contribution >= 0.6 is 0 Å². The lowest BCUT2D eigenvalue weighted by Gasteiger charge is -2.35. The minimum absolute atomic E-state index is 0.130. The molecule has 2 rings (SSSR count). The van der Waals surface area contributed by atoms with Gasteiger partial charge in [0.1, 0.15) is 0 Å². The number of carbonyl (C=O) groups is 2. The fourth-order valence-electron chi connectivity index (χ4n) is 2.62. The maximum Gasteiger partial charge on any atom is 0.331 e. The average molecular weight is 272 g/mol. The van der Waals surface area contributed by atoms with Crippen LogP contribution in [0.5, 0.6) is 0 Å². The van der Waals surface area contributed by atoms with E-state index in [1.165, 1.54) is 12.2 Å². The van der Waals surface area contributed by atoms with Crippen molar-refractivity contribution in [3.8, 4) is 0 Å². The highest BCUT2D eigenvalue weighted by Gasteiger charge is 2.45. The van der Waals surface area contributed by atoms with Gasteiger partial charge in [0.2, 0.25) is 0 Å². The third kappa shape index (κ3) is 2.37. The van der Waals surface area contributed by atoms with Gasteiger partial charge in [0, 0.05) is 11.5 Å². The highest BCUT2D eigenvalue weighted by Crippen LogP contribution is 2.41. The second kappa shape index (κ2) is 5.33. The van der Waals surface area contributed by atoms with E-state index in [0.29, 0.717) is 0 Å². The van der Waals surface area contributed by atoms with E-state index in [4.69, 9.17) is 0 Å². The minimum Gasteiger partial charge on any atom is -0.481 e. The van der Waals surface area contributed by atoms with Crippen LogP contribution in [-0.2, 0) is 16.0 Å². The summed E-state index contributed by atoms with van der Waals surface area (Å²) in [4.78, 5) is 23.0. The lowest BCUT2D eigenvalue weighted by molar-refractivity contribution is -0.148. The topological polar surface area (TPSA) is 74.6 Å². The predicted octanol–water partition coefficient (Wildman–Crippen LogP) is 2.52. The third-order valence-corrected chi connectivity index (χ3v) is 3.89. The van der Waals surface area contributed by atoms with Crippen molar-refractivity contribution in [3.63, 3.8) is 0 Å². The molecule has 1 aromatic carbocycles. The maximum absolute atomic E-state index is 11.8. The molecule has 1 aliphatic rings. The largest absolute Gasteiger partial charge is 0.481 e. The molecule has 0 amide bonds. The zero-order valence-corrected chi connectivity index (χ0v) is 11.1. The van der Waals surface area contributed by atoms with E-state index in [9.17, 15) is 19.8 Å². The molecule has 104 valence electrons. The molecule has 0 saturated heterocycles. The second-order valence-corrected chi connectivity index (χ2v) is 5.02. The van der Waals surface area contributed by atoms with Crippen LogP contribution in [0, 0.1) is 11.3 Å². The standard InChI is InChI=1S/C16H16O4/c1-11-13(14(17)18)8-5-9-16(11,15(19)20)10-12-6-3-2-4-7-12/h2-9,11H,10H2,1H3,(H,17,18)(H,19,20). The zero-order valence-electron chi connectivity index (χ0n) is 11.1. The van der Waals surface area contributed by atoms with Gasteiger partial charge in [-0.2, -0.15) is 0 Å². The number of carboxylic acids is 2. The minimum atomic E-state index is -1.22. The van der Waals surface area contributed by atoms with E-state index in [1.54, 1.807) is 13.0 Å². The first-order chi connectivity index (χ1) is 9.47. The maximum atomic E-state index is 11.8. The van der Waals surface area contributed by atoms with Crippen molar-refractivity contribution >= 4 is 11.9 Å². The van der Waals surface area contributed by atoms with Crippen molar-refractivity contribution in [3.05, 3.63) is 59.7 Å². The third-order valence-electron chi connectivity index (χ3n) is 3.89. The Balaban J connectivity index is 2.42. The van der Waals surface area contributed by atoms with Gasteiger partial charge in [-0.25, -0.2) is 4.79 Å². The van der Waals surface area contributed by atoms with Gasteiger partial charge in [-0.1, -0.05) is 55.5 Å². The van der Waals surface area contributed by atoms with Crippen molar-refractivity contribution in [1.82, 2.24) is 0 Å². The summed E-state index contributed by atoms with van der Waals surface area (Å²) in [6.07, 6.45) is 4.87. The Morgan fingerprint density at radius 2 is 1.85 bits per heavy atom. The summed E-state index contributed by atoms with van der Waals surface area (Å²) in [6, 6.07) is 9.25. The summed E-state index contributed by atoms with van der Waals surface area (Å²) in [5, 5.41) is 18.8. The first-order valence-electron chi connectivity index (χ1n) is 6.37. The van der Waals surface area contributed by atoms with Crippen molar-refractivity contribution in [1.29, 1.82) is 0 Å². The smallest absolute Gasteiger partial charge is 0.331 e. The predicted molar refractivity (Wildman–Crippen MR) is 74.2 cm³/mol. The first kappa shape index (κ1) is 14.1. The summed E-state index contributed by atoms with van der Waals surface area (Å²) in [6.45, 7) is 1.65. The summed E-state index contributed by atoms with van der Waals surface area (Å²) >= 11 is 0. The van der Waals surface area contributed by atoms with Gasteiger partial charge in [-0.15, -0.1) is 0 Å². The van der Waals surface area contributed by atoms with Crippen molar-refractivity contribution in [2.24, 2.45) is 11.3 Å². The van der Waals surface area contributed by atoms with Gasteiger partial charge in [-0.3, -0.25) is 4.79 Å². The molecule has 0 aliphatic heterocycles. The number of benzene rings is 1. The van der Waals surface area contributed by atoms with E-state index >= 15 is 0 Å². The zero-order chi connectivity index (χ0) is 14.8. The normalized spacial score (nSPS) is 25.1. The van der Waals surface area contributed by atoms with Gasteiger partial charge >= 0.3 is 11.9 Å². The monoisotopic (exact) mass is 272 g/mol. The fraction of sp³-hybridized carbons (Fsp3) is 0.250. The van der Waals surface area contributed by atoms with E-state index in [1.807, 2.05) is 30.3 Å². The van der Waals surface area contributed by atoms with Crippen LogP contribution in [-0.4, -0.2) is 22.2 Å². The number of rotatable bonds is 4. The molecule has 0 saturated carbocycles. The Morgan fingerprint density at radius 1 is 1.20 bits per heavy atom. The highest BCUT2D eigenvalue weighted by atomic mass is 16.4. The Morgan fingerprint density at radius 3 is 2.40 bits per heavy atom. The number of carboxylic acid groups (broad SMARTS) is 2. The molecule has 0 bridgehead atoms. The molecular weight excluding hydrogens is 256 g/mol. The molecule has 0 aromatic heterocycles. The van der Waals surface area contributed by atoms with Gasteiger partial charge in [0.15, 0.2) is 0 Å². The molecule has 2 N–H and O–H groups in total. The molecule has 20 heavy (non-hydrogen) atoms. The second-order valence-electron chi connectivity index (χ2n) is 5.02. The van der Waals surface area contributed by atoms with Gasteiger partial charge in [-0.05, 0) is 12.0 Å². The number of allylic oxidation sites excluding steroid dienone is 2. The van der Waals surface area contributed by atoms with Gasteiger partial charge in [0.05, 0.1) is 5.41 Å². The molecule has 0 fully saturated rings. The SMILES string of the molecule is CC1C(C(=O)O)=CC=CC1(Cc1ccccc1)C(=O)O. The summed E-state index contributed by atoms with van der Waals surface area (Å²) in [7, 11) is 0. The lowest BCUT2D eigenvalue weighted by atomic mass is 9.66. The molecule has 4 nitrogen and oxygen atoms in total. The van der Waals surface area contributed by atoms with Crippen LogP contribution in [0.15, 0.2) is 54.1 Å². The molecule has 2 atom stereocenters. The van der Waals surface area contributed by atoms with Crippen molar-refractivity contribution in [2.75, 3.05) is 0 Å². The van der Waals surface area contributed by atoms with E-state index in [0.717, 1.165) is 5.56 Å². The highest BCUT2D eigenvalue weighted by molar-refractivity contribution is 5.91. The van der Waals surface area contributed by atoms with Crippen LogP contribution in [0.4, 0.5) is 0 Å². The molecule has 4 heteroatoms.